The SMILES string of the molecule is CC1(C)COCC(C)(C)C1N.Cl. The van der Waals surface area contributed by atoms with Gasteiger partial charge in [-0.25, -0.2) is 0 Å². The van der Waals surface area contributed by atoms with Crippen LogP contribution in [0.2, 0.25) is 0 Å². The van der Waals surface area contributed by atoms with Crippen molar-refractivity contribution in [3.05, 3.63) is 0 Å². The number of hydrogen-bond donors (Lipinski definition) is 1. The average molecular weight is 194 g/mol. The quantitative estimate of drug-likeness (QED) is 0.637. The van der Waals surface area contributed by atoms with Crippen LogP contribution in [0.1, 0.15) is 27.7 Å². The summed E-state index contributed by atoms with van der Waals surface area (Å²) in [6.45, 7) is 10.2. The Morgan fingerprint density at radius 3 is 1.67 bits per heavy atom. The number of hydrogen-bond acceptors (Lipinski definition) is 2. The third kappa shape index (κ3) is 2.12. The molecule has 0 atom stereocenters. The van der Waals surface area contributed by atoms with Crippen molar-refractivity contribution < 1.29 is 4.74 Å². The summed E-state index contributed by atoms with van der Waals surface area (Å²) in [7, 11) is 0. The number of rotatable bonds is 0. The third-order valence-corrected chi connectivity index (χ3v) is 2.63. The molecule has 12 heavy (non-hydrogen) atoms. The van der Waals surface area contributed by atoms with Crippen molar-refractivity contribution in [2.45, 2.75) is 33.7 Å². The maximum absolute atomic E-state index is 6.11. The number of halogens is 1. The molecular weight excluding hydrogens is 174 g/mol. The van der Waals surface area contributed by atoms with Gasteiger partial charge in [-0.2, -0.15) is 0 Å². The zero-order valence-electron chi connectivity index (χ0n) is 8.39. The van der Waals surface area contributed by atoms with Gasteiger partial charge in [0.25, 0.3) is 0 Å². The predicted molar refractivity (Wildman–Crippen MR) is 53.6 cm³/mol. The Hall–Kier alpha value is 0.210. The molecule has 0 bridgehead atoms. The lowest BCUT2D eigenvalue weighted by Gasteiger charge is -2.46. The second-order valence-corrected chi connectivity index (χ2v) is 4.95. The molecule has 0 amide bonds. The number of nitrogens with two attached hydrogens (primary N) is 1. The molecule has 0 radical (unpaired) electrons. The summed E-state index contributed by atoms with van der Waals surface area (Å²) in [5.41, 5.74) is 6.36. The second-order valence-electron chi connectivity index (χ2n) is 4.95. The van der Waals surface area contributed by atoms with E-state index in [1.165, 1.54) is 0 Å². The van der Waals surface area contributed by atoms with E-state index >= 15 is 0 Å². The van der Waals surface area contributed by atoms with Gasteiger partial charge < -0.3 is 10.5 Å². The maximum atomic E-state index is 6.11. The van der Waals surface area contributed by atoms with Crippen LogP contribution in [0.4, 0.5) is 0 Å². The van der Waals surface area contributed by atoms with Crippen LogP contribution < -0.4 is 5.73 Å². The van der Waals surface area contributed by atoms with E-state index in [-0.39, 0.29) is 29.3 Å². The summed E-state index contributed by atoms with van der Waals surface area (Å²) in [5.74, 6) is 0. The molecule has 0 saturated carbocycles. The first kappa shape index (κ1) is 12.2. The lowest BCUT2D eigenvalue weighted by molar-refractivity contribution is -0.0777. The molecule has 0 spiro atoms. The van der Waals surface area contributed by atoms with Crippen LogP contribution in [0.25, 0.3) is 0 Å². The molecule has 0 aromatic carbocycles. The van der Waals surface area contributed by atoms with Crippen LogP contribution in [0.3, 0.4) is 0 Å². The van der Waals surface area contributed by atoms with E-state index < -0.39 is 0 Å². The van der Waals surface area contributed by atoms with E-state index in [0.717, 1.165) is 13.2 Å². The fourth-order valence-corrected chi connectivity index (χ4v) is 1.81. The Bertz CT molecular complexity index is 141. The van der Waals surface area contributed by atoms with Crippen molar-refractivity contribution >= 4 is 12.4 Å². The molecule has 74 valence electrons. The normalized spacial score (nSPS) is 27.8. The topological polar surface area (TPSA) is 35.2 Å². The van der Waals surface area contributed by atoms with Gasteiger partial charge in [-0.3, -0.25) is 0 Å². The number of ether oxygens (including phenoxy) is 1. The zero-order chi connectivity index (χ0) is 8.70. The molecule has 2 nitrogen and oxygen atoms in total. The van der Waals surface area contributed by atoms with Crippen LogP contribution >= 0.6 is 12.4 Å². The van der Waals surface area contributed by atoms with E-state index in [1.807, 2.05) is 0 Å². The lowest BCUT2D eigenvalue weighted by atomic mass is 9.69. The molecule has 0 unspecified atom stereocenters. The minimum absolute atomic E-state index is 0. The summed E-state index contributed by atoms with van der Waals surface area (Å²) in [6.07, 6.45) is 0. The van der Waals surface area contributed by atoms with E-state index in [2.05, 4.69) is 27.7 Å². The van der Waals surface area contributed by atoms with Crippen molar-refractivity contribution in [1.29, 1.82) is 0 Å². The van der Waals surface area contributed by atoms with Gasteiger partial charge in [0.1, 0.15) is 0 Å². The first-order valence-electron chi connectivity index (χ1n) is 4.20. The van der Waals surface area contributed by atoms with Gasteiger partial charge in [-0.15, -0.1) is 12.4 Å². The second kappa shape index (κ2) is 3.52. The van der Waals surface area contributed by atoms with E-state index in [0.29, 0.717) is 0 Å². The molecule has 0 aromatic rings. The fraction of sp³-hybridized carbons (Fsp3) is 1.00. The lowest BCUT2D eigenvalue weighted by Crippen LogP contribution is -2.56. The van der Waals surface area contributed by atoms with Gasteiger partial charge in [0, 0.05) is 16.9 Å². The highest BCUT2D eigenvalue weighted by Crippen LogP contribution is 2.37. The van der Waals surface area contributed by atoms with Crippen LogP contribution in [0.15, 0.2) is 0 Å². The Labute approximate surface area is 81.3 Å². The van der Waals surface area contributed by atoms with Crippen molar-refractivity contribution in [1.82, 2.24) is 0 Å². The van der Waals surface area contributed by atoms with Crippen LogP contribution in [0, 0.1) is 10.8 Å². The molecule has 0 aliphatic carbocycles. The smallest absolute Gasteiger partial charge is 0.0532 e. The molecule has 1 rings (SSSR count). The molecule has 1 fully saturated rings. The van der Waals surface area contributed by atoms with Gasteiger partial charge in [0.15, 0.2) is 0 Å². The Kier molecular flexibility index (Phi) is 3.59. The maximum Gasteiger partial charge on any atom is 0.0532 e. The molecule has 1 aliphatic heterocycles. The first-order chi connectivity index (χ1) is 4.86. The minimum Gasteiger partial charge on any atom is -0.380 e. The Morgan fingerprint density at radius 2 is 1.42 bits per heavy atom. The van der Waals surface area contributed by atoms with Crippen molar-refractivity contribution in [3.63, 3.8) is 0 Å². The van der Waals surface area contributed by atoms with Crippen LogP contribution in [-0.2, 0) is 4.74 Å². The van der Waals surface area contributed by atoms with E-state index in [4.69, 9.17) is 10.5 Å². The Balaban J connectivity index is 0.00000121. The van der Waals surface area contributed by atoms with Gasteiger partial charge in [-0.05, 0) is 0 Å². The highest BCUT2D eigenvalue weighted by Gasteiger charge is 2.42. The summed E-state index contributed by atoms with van der Waals surface area (Å²) in [6, 6.07) is 0.240. The summed E-state index contributed by atoms with van der Waals surface area (Å²) < 4.78 is 5.49. The highest BCUT2D eigenvalue weighted by atomic mass is 35.5. The van der Waals surface area contributed by atoms with Gasteiger partial charge in [0.05, 0.1) is 13.2 Å². The highest BCUT2D eigenvalue weighted by molar-refractivity contribution is 5.85. The molecule has 1 saturated heterocycles. The van der Waals surface area contributed by atoms with Gasteiger partial charge in [0.2, 0.25) is 0 Å². The predicted octanol–water partition coefficient (Wildman–Crippen LogP) is 1.82. The summed E-state index contributed by atoms with van der Waals surface area (Å²) in [4.78, 5) is 0. The standard InChI is InChI=1S/C9H19NO.ClH/c1-8(2)5-11-6-9(3,4)7(8)10;/h7H,5-6,10H2,1-4H3;1H. The molecule has 2 N–H and O–H groups in total. The average Bonchev–Trinajstić information content (AvgIpc) is 1.82. The largest absolute Gasteiger partial charge is 0.380 e. The molecule has 3 heteroatoms. The first-order valence-corrected chi connectivity index (χ1v) is 4.20. The monoisotopic (exact) mass is 193 g/mol. The van der Waals surface area contributed by atoms with Crippen LogP contribution in [0.5, 0.6) is 0 Å². The third-order valence-electron chi connectivity index (χ3n) is 2.63. The minimum atomic E-state index is 0. The van der Waals surface area contributed by atoms with Gasteiger partial charge in [-0.1, -0.05) is 27.7 Å². The van der Waals surface area contributed by atoms with Crippen molar-refractivity contribution in [2.24, 2.45) is 16.6 Å². The van der Waals surface area contributed by atoms with Gasteiger partial charge >= 0.3 is 0 Å². The molecular formula is C9H20ClNO. The zero-order valence-corrected chi connectivity index (χ0v) is 9.20. The van der Waals surface area contributed by atoms with E-state index in [9.17, 15) is 0 Å². The van der Waals surface area contributed by atoms with Crippen molar-refractivity contribution in [3.8, 4) is 0 Å². The summed E-state index contributed by atoms with van der Waals surface area (Å²) >= 11 is 0. The van der Waals surface area contributed by atoms with Crippen LogP contribution in [-0.4, -0.2) is 19.3 Å². The van der Waals surface area contributed by atoms with Crippen molar-refractivity contribution in [2.75, 3.05) is 13.2 Å². The Morgan fingerprint density at radius 1 is 1.08 bits per heavy atom. The van der Waals surface area contributed by atoms with E-state index in [1.54, 1.807) is 0 Å². The molecule has 1 heterocycles. The fourth-order valence-electron chi connectivity index (χ4n) is 1.81. The molecule has 1 aliphatic rings. The summed E-state index contributed by atoms with van der Waals surface area (Å²) in [5, 5.41) is 0. The molecule has 0 aromatic heterocycles.